The van der Waals surface area contributed by atoms with Crippen molar-refractivity contribution in [1.29, 1.82) is 0 Å². The van der Waals surface area contributed by atoms with Crippen LogP contribution in [0.3, 0.4) is 0 Å². The highest BCUT2D eigenvalue weighted by Crippen LogP contribution is 2.38. The van der Waals surface area contributed by atoms with E-state index in [1.54, 1.807) is 6.07 Å². The number of nitrogens with one attached hydrogen (secondary N) is 1. The molecule has 1 aliphatic heterocycles. The molecular formula is C16H19N3O5. The summed E-state index contributed by atoms with van der Waals surface area (Å²) >= 11 is 0. The van der Waals surface area contributed by atoms with Gasteiger partial charge in [-0.05, 0) is 25.0 Å². The monoisotopic (exact) mass is 333 g/mol. The maximum absolute atomic E-state index is 11.3. The molecule has 128 valence electrons. The number of carboxylic acid groups (broad SMARTS) is 1. The lowest BCUT2D eigenvalue weighted by Gasteiger charge is -2.29. The molecule has 0 unspecified atom stereocenters. The normalized spacial score (nSPS) is 15.0. The molecule has 3 rings (SSSR count). The van der Waals surface area contributed by atoms with Crippen molar-refractivity contribution in [3.63, 3.8) is 0 Å². The second kappa shape index (κ2) is 6.48. The second-order valence-electron chi connectivity index (χ2n) is 5.83. The highest BCUT2D eigenvalue weighted by Gasteiger charge is 2.24. The molecule has 1 aromatic carbocycles. The van der Waals surface area contributed by atoms with Crippen LogP contribution in [-0.2, 0) is 16.0 Å². The Balaban J connectivity index is 2.17. The number of H-pyrrole nitrogens is 1. The van der Waals surface area contributed by atoms with Gasteiger partial charge in [-0.25, -0.2) is 0 Å². The molecule has 0 radical (unpaired) electrons. The van der Waals surface area contributed by atoms with E-state index >= 15 is 0 Å². The molecule has 0 saturated carbocycles. The number of benzene rings is 1. The van der Waals surface area contributed by atoms with Crippen molar-refractivity contribution < 1.29 is 19.6 Å². The Kier molecular flexibility index (Phi) is 4.39. The third-order valence-electron chi connectivity index (χ3n) is 4.37. The van der Waals surface area contributed by atoms with Crippen LogP contribution in [0.2, 0.25) is 0 Å². The van der Waals surface area contributed by atoms with Gasteiger partial charge < -0.3 is 19.7 Å². The van der Waals surface area contributed by atoms with Gasteiger partial charge in [0, 0.05) is 42.3 Å². The Labute approximate surface area is 138 Å². The van der Waals surface area contributed by atoms with Crippen LogP contribution < -0.4 is 4.90 Å². The summed E-state index contributed by atoms with van der Waals surface area (Å²) in [5.41, 5.74) is 2.96. The maximum Gasteiger partial charge on any atom is 0.303 e. The zero-order chi connectivity index (χ0) is 17.3. The molecule has 8 nitrogen and oxygen atoms in total. The number of carbonyl (C=O) groups is 1. The van der Waals surface area contributed by atoms with E-state index in [0.29, 0.717) is 38.2 Å². The lowest BCUT2D eigenvalue weighted by atomic mass is 10.0. The fourth-order valence-corrected chi connectivity index (χ4v) is 3.23. The zero-order valence-corrected chi connectivity index (χ0v) is 13.4. The number of aryl methyl sites for hydroxylation is 2. The summed E-state index contributed by atoms with van der Waals surface area (Å²) in [5, 5.41) is 21.1. The first-order valence-electron chi connectivity index (χ1n) is 7.82. The highest BCUT2D eigenvalue weighted by molar-refractivity contribution is 6.01. The molecular weight excluding hydrogens is 314 g/mol. The fourth-order valence-electron chi connectivity index (χ4n) is 3.23. The van der Waals surface area contributed by atoms with Crippen LogP contribution in [0.1, 0.15) is 17.7 Å². The third kappa shape index (κ3) is 2.92. The number of morpholine rings is 1. The Morgan fingerprint density at radius 2 is 2.12 bits per heavy atom. The quantitative estimate of drug-likeness (QED) is 0.641. The Bertz CT molecular complexity index is 793. The molecule has 1 fully saturated rings. The molecule has 1 aliphatic rings. The fraction of sp³-hybridized carbons (Fsp3) is 0.438. The smallest absolute Gasteiger partial charge is 0.303 e. The molecule has 0 amide bonds. The number of aromatic nitrogens is 1. The van der Waals surface area contributed by atoms with E-state index in [1.807, 2.05) is 6.92 Å². The predicted molar refractivity (Wildman–Crippen MR) is 88.7 cm³/mol. The van der Waals surface area contributed by atoms with Crippen molar-refractivity contribution in [2.24, 2.45) is 0 Å². The average molecular weight is 333 g/mol. The molecule has 2 N–H and O–H groups in total. The number of hydrogen-bond acceptors (Lipinski definition) is 5. The minimum Gasteiger partial charge on any atom is -0.481 e. The summed E-state index contributed by atoms with van der Waals surface area (Å²) in [5.74, 6) is -0.887. The summed E-state index contributed by atoms with van der Waals surface area (Å²) < 4.78 is 5.37. The Morgan fingerprint density at radius 1 is 1.42 bits per heavy atom. The SMILES string of the molecule is Cc1[nH]c2c([N+](=O)[O-])ccc(N3CCOCC3)c2c1CCC(=O)O. The van der Waals surface area contributed by atoms with Gasteiger partial charge in [0.1, 0.15) is 5.52 Å². The zero-order valence-electron chi connectivity index (χ0n) is 13.4. The standard InChI is InChI=1S/C16H19N3O5/c1-10-11(2-5-14(20)21)15-12(18-6-8-24-9-7-18)3-4-13(19(22)23)16(15)17-10/h3-4,17H,2,5-9H2,1H3,(H,20,21). The maximum atomic E-state index is 11.3. The molecule has 2 aromatic rings. The number of fused-ring (bicyclic) bond motifs is 1. The van der Waals surface area contributed by atoms with E-state index < -0.39 is 10.9 Å². The number of carboxylic acids is 1. The van der Waals surface area contributed by atoms with Gasteiger partial charge in [0.2, 0.25) is 0 Å². The lowest BCUT2D eigenvalue weighted by Crippen LogP contribution is -2.36. The lowest BCUT2D eigenvalue weighted by molar-refractivity contribution is -0.383. The molecule has 0 bridgehead atoms. The van der Waals surface area contributed by atoms with Crippen LogP contribution in [0.25, 0.3) is 10.9 Å². The van der Waals surface area contributed by atoms with Crippen LogP contribution >= 0.6 is 0 Å². The van der Waals surface area contributed by atoms with Gasteiger partial charge in [0.15, 0.2) is 0 Å². The van der Waals surface area contributed by atoms with E-state index in [0.717, 1.165) is 22.3 Å². The predicted octanol–water partition coefficient (Wildman–Crippen LogP) is 2.24. The summed E-state index contributed by atoms with van der Waals surface area (Å²) in [6, 6.07) is 3.26. The van der Waals surface area contributed by atoms with Crippen LogP contribution in [-0.4, -0.2) is 47.3 Å². The van der Waals surface area contributed by atoms with Crippen molar-refractivity contribution in [2.45, 2.75) is 19.8 Å². The number of nitro benzene ring substituents is 1. The summed E-state index contributed by atoms with van der Waals surface area (Å²) in [7, 11) is 0. The van der Waals surface area contributed by atoms with Gasteiger partial charge >= 0.3 is 5.97 Å². The number of aromatic amines is 1. The van der Waals surface area contributed by atoms with Crippen molar-refractivity contribution in [3.8, 4) is 0 Å². The molecule has 0 aliphatic carbocycles. The van der Waals surface area contributed by atoms with E-state index in [-0.39, 0.29) is 12.1 Å². The molecule has 0 spiro atoms. The van der Waals surface area contributed by atoms with Gasteiger partial charge in [-0.15, -0.1) is 0 Å². The number of rotatable bonds is 5. The number of non-ortho nitro benzene ring substituents is 1. The summed E-state index contributed by atoms with van der Waals surface area (Å²) in [4.78, 5) is 27.1. The first-order chi connectivity index (χ1) is 11.5. The van der Waals surface area contributed by atoms with Crippen molar-refractivity contribution in [2.75, 3.05) is 31.2 Å². The minimum absolute atomic E-state index is 0.00619. The topological polar surface area (TPSA) is 109 Å². The minimum atomic E-state index is -0.887. The largest absolute Gasteiger partial charge is 0.481 e. The number of aliphatic carboxylic acids is 1. The average Bonchev–Trinajstić information content (AvgIpc) is 2.88. The van der Waals surface area contributed by atoms with E-state index in [1.165, 1.54) is 6.07 Å². The second-order valence-corrected chi connectivity index (χ2v) is 5.83. The molecule has 1 saturated heterocycles. The van der Waals surface area contributed by atoms with Crippen LogP contribution in [0, 0.1) is 17.0 Å². The molecule has 8 heteroatoms. The number of ether oxygens (including phenoxy) is 1. The third-order valence-corrected chi connectivity index (χ3v) is 4.37. The van der Waals surface area contributed by atoms with E-state index in [2.05, 4.69) is 9.88 Å². The number of anilines is 1. The highest BCUT2D eigenvalue weighted by atomic mass is 16.6. The van der Waals surface area contributed by atoms with Crippen molar-refractivity contribution in [1.82, 2.24) is 4.98 Å². The number of nitro groups is 1. The number of hydrogen-bond donors (Lipinski definition) is 2. The van der Waals surface area contributed by atoms with E-state index in [4.69, 9.17) is 9.84 Å². The van der Waals surface area contributed by atoms with Crippen molar-refractivity contribution >= 4 is 28.2 Å². The van der Waals surface area contributed by atoms with Gasteiger partial charge in [-0.1, -0.05) is 0 Å². The molecule has 24 heavy (non-hydrogen) atoms. The Hall–Kier alpha value is -2.61. The number of nitrogens with zero attached hydrogens (tertiary/aromatic N) is 2. The van der Waals surface area contributed by atoms with Crippen LogP contribution in [0.4, 0.5) is 11.4 Å². The molecule has 0 atom stereocenters. The molecule has 1 aromatic heterocycles. The van der Waals surface area contributed by atoms with Crippen molar-refractivity contribution in [3.05, 3.63) is 33.5 Å². The Morgan fingerprint density at radius 3 is 2.75 bits per heavy atom. The van der Waals surface area contributed by atoms with Gasteiger partial charge in [-0.2, -0.15) is 0 Å². The first kappa shape index (κ1) is 16.3. The van der Waals surface area contributed by atoms with Crippen LogP contribution in [0.15, 0.2) is 12.1 Å². The van der Waals surface area contributed by atoms with Gasteiger partial charge in [-0.3, -0.25) is 14.9 Å². The first-order valence-corrected chi connectivity index (χ1v) is 7.82. The van der Waals surface area contributed by atoms with Gasteiger partial charge in [0.25, 0.3) is 5.69 Å². The van der Waals surface area contributed by atoms with Crippen LogP contribution in [0.5, 0.6) is 0 Å². The van der Waals surface area contributed by atoms with E-state index in [9.17, 15) is 14.9 Å². The van der Waals surface area contributed by atoms with Gasteiger partial charge in [0.05, 0.1) is 18.1 Å². The molecule has 2 heterocycles. The summed E-state index contributed by atoms with van der Waals surface area (Å²) in [6.07, 6.45) is 0.318. The summed E-state index contributed by atoms with van der Waals surface area (Å²) in [6.45, 7) is 4.44.